The molecule has 8 rings (SSSR count). The van der Waals surface area contributed by atoms with Gasteiger partial charge in [-0.3, -0.25) is 34.1 Å². The monoisotopic (exact) mass is 802 g/mol. The van der Waals surface area contributed by atoms with Crippen LogP contribution in [0, 0.1) is 20.8 Å². The molecule has 3 N–H and O–H groups in total. The van der Waals surface area contributed by atoms with Crippen LogP contribution in [0.3, 0.4) is 0 Å². The first-order chi connectivity index (χ1) is 27.5. The van der Waals surface area contributed by atoms with Crippen LogP contribution in [0.15, 0.2) is 71.7 Å². The third kappa shape index (κ3) is 7.86. The van der Waals surface area contributed by atoms with Crippen molar-refractivity contribution in [3.8, 4) is 5.00 Å². The number of anilines is 1. The molecule has 57 heavy (non-hydrogen) atoms. The zero-order valence-electron chi connectivity index (χ0n) is 32.0. The van der Waals surface area contributed by atoms with E-state index in [1.54, 1.807) is 16.2 Å². The lowest BCUT2D eigenvalue weighted by molar-refractivity contribution is -0.137. The van der Waals surface area contributed by atoms with Crippen LogP contribution >= 0.6 is 22.9 Å². The molecule has 2 atom stereocenters. The van der Waals surface area contributed by atoms with Crippen molar-refractivity contribution in [2.24, 2.45) is 4.99 Å². The van der Waals surface area contributed by atoms with Crippen molar-refractivity contribution < 1.29 is 19.2 Å². The third-order valence-corrected chi connectivity index (χ3v) is 12.4. The molecule has 3 aliphatic heterocycles. The van der Waals surface area contributed by atoms with Crippen molar-refractivity contribution in [2.75, 3.05) is 18.4 Å². The van der Waals surface area contributed by atoms with E-state index in [-0.39, 0.29) is 30.6 Å². The third-order valence-electron chi connectivity index (χ3n) is 10.9. The number of carbonyl (C=O) groups is 4. The van der Waals surface area contributed by atoms with Gasteiger partial charge in [-0.05, 0) is 99.0 Å². The lowest BCUT2D eigenvalue weighted by Crippen LogP contribution is -2.52. The average Bonchev–Trinajstić information content (AvgIpc) is 3.80. The molecular weight excluding hydrogens is 760 g/mol. The van der Waals surface area contributed by atoms with E-state index in [0.717, 1.165) is 75.0 Å². The molecule has 4 amide bonds. The number of halogens is 1. The van der Waals surface area contributed by atoms with Crippen molar-refractivity contribution in [1.82, 2.24) is 30.3 Å². The summed E-state index contributed by atoms with van der Waals surface area (Å²) in [4.78, 5) is 58.3. The van der Waals surface area contributed by atoms with E-state index in [9.17, 15) is 19.2 Å². The summed E-state index contributed by atoms with van der Waals surface area (Å²) in [6.07, 6.45) is 3.13. The van der Waals surface area contributed by atoms with Crippen molar-refractivity contribution in [3.63, 3.8) is 0 Å². The summed E-state index contributed by atoms with van der Waals surface area (Å²) in [5.41, 5.74) is 8.70. The molecule has 14 heteroatoms. The second kappa shape index (κ2) is 16.1. The predicted octanol–water partition coefficient (Wildman–Crippen LogP) is 6.55. The molecule has 0 bridgehead atoms. The summed E-state index contributed by atoms with van der Waals surface area (Å²) in [5, 5.41) is 19.5. The number of nitrogens with one attached hydrogen (secondary N) is 3. The molecule has 5 aromatic rings. The number of piperidine rings is 1. The van der Waals surface area contributed by atoms with Crippen LogP contribution in [-0.4, -0.2) is 68.1 Å². The first kappa shape index (κ1) is 38.2. The van der Waals surface area contributed by atoms with Gasteiger partial charge in [0.2, 0.25) is 17.7 Å². The number of aromatic nitrogens is 3. The quantitative estimate of drug-likeness (QED) is 0.0957. The fraction of sp³-hybridized carbons (Fsp3) is 0.326. The maximum absolute atomic E-state index is 13.3. The highest BCUT2D eigenvalue weighted by molar-refractivity contribution is 7.15. The Hall–Kier alpha value is -5.66. The minimum Gasteiger partial charge on any atom is -0.385 e. The SMILES string of the molecule is Cc1sc2c(c1C)C(c1ccc(Cl)cc1)=NC(CC(=O)NCCCCNc1ccc(Cc3ccc4c(c3)CN(C3CCC(=O)NC3=O)C4=O)cc1)c1nnc(C)n1-2. The Morgan fingerprint density at radius 1 is 0.947 bits per heavy atom. The van der Waals surface area contributed by atoms with Crippen LogP contribution in [0.5, 0.6) is 0 Å². The van der Waals surface area contributed by atoms with Gasteiger partial charge in [0.05, 0.1) is 12.1 Å². The Morgan fingerprint density at radius 3 is 2.47 bits per heavy atom. The molecular formula is C43H43ClN8O4S. The van der Waals surface area contributed by atoms with Gasteiger partial charge in [-0.25, -0.2) is 0 Å². The lowest BCUT2D eigenvalue weighted by atomic mass is 9.99. The van der Waals surface area contributed by atoms with E-state index in [4.69, 9.17) is 16.6 Å². The number of aryl methyl sites for hydroxylation is 2. The van der Waals surface area contributed by atoms with Gasteiger partial charge >= 0.3 is 0 Å². The van der Waals surface area contributed by atoms with Crippen LogP contribution in [-0.2, 0) is 27.3 Å². The number of carbonyl (C=O) groups excluding carboxylic acids is 4. The number of benzene rings is 3. The minimum absolute atomic E-state index is 0.0882. The fourth-order valence-electron chi connectivity index (χ4n) is 7.80. The number of nitrogens with zero attached hydrogens (tertiary/aromatic N) is 5. The highest BCUT2D eigenvalue weighted by Crippen LogP contribution is 2.39. The van der Waals surface area contributed by atoms with Crippen LogP contribution in [0.1, 0.15) is 98.4 Å². The molecule has 292 valence electrons. The van der Waals surface area contributed by atoms with Gasteiger partial charge in [0.15, 0.2) is 5.82 Å². The summed E-state index contributed by atoms with van der Waals surface area (Å²) in [6.45, 7) is 7.82. The Morgan fingerprint density at radius 2 is 1.70 bits per heavy atom. The number of unbranched alkanes of at least 4 members (excludes halogenated alkanes) is 1. The Labute approximate surface area is 339 Å². The lowest BCUT2D eigenvalue weighted by Gasteiger charge is -2.29. The van der Waals surface area contributed by atoms with Gasteiger partial charge in [-0.1, -0.05) is 48.0 Å². The van der Waals surface area contributed by atoms with Crippen LogP contribution < -0.4 is 16.0 Å². The molecule has 0 saturated carbocycles. The van der Waals surface area contributed by atoms with Gasteiger partial charge in [0.25, 0.3) is 5.91 Å². The number of fused-ring (bicyclic) bond motifs is 4. The summed E-state index contributed by atoms with van der Waals surface area (Å²) in [7, 11) is 0. The van der Waals surface area contributed by atoms with Crippen LogP contribution in [0.25, 0.3) is 5.00 Å². The summed E-state index contributed by atoms with van der Waals surface area (Å²) in [5.74, 6) is 0.466. The second-order valence-corrected chi connectivity index (χ2v) is 16.5. The number of imide groups is 1. The largest absolute Gasteiger partial charge is 0.385 e. The molecule has 5 heterocycles. The molecule has 1 fully saturated rings. The molecule has 2 unspecified atom stereocenters. The maximum Gasteiger partial charge on any atom is 0.255 e. The van der Waals surface area contributed by atoms with Gasteiger partial charge in [0, 0.05) is 58.3 Å². The first-order valence-corrected chi connectivity index (χ1v) is 20.5. The highest BCUT2D eigenvalue weighted by Gasteiger charge is 2.39. The Bertz CT molecular complexity index is 2420. The normalized spacial score (nSPS) is 17.4. The standard InChI is InChI=1S/C43H43ClN8O4S/c1-24-25(2)57-43-38(24)39(29-9-11-31(44)12-10-29)47-34(40-50-49-26(3)52(40)43)22-37(54)46-19-5-4-18-45-32-13-6-27(7-14-32)20-28-8-15-33-30(21-28)23-51(42(33)56)35-16-17-36(53)48-41(35)55/h6-15,21,34-35,45H,4-5,16-20,22-23H2,1-3H3,(H,46,54)(H,48,53,55). The average molecular weight is 803 g/mol. The van der Waals surface area contributed by atoms with Crippen molar-refractivity contribution >= 4 is 58.0 Å². The molecule has 0 spiro atoms. The summed E-state index contributed by atoms with van der Waals surface area (Å²) >= 11 is 7.92. The highest BCUT2D eigenvalue weighted by atomic mass is 35.5. The van der Waals surface area contributed by atoms with Crippen molar-refractivity contribution in [3.05, 3.63) is 127 Å². The van der Waals surface area contributed by atoms with Crippen LogP contribution in [0.4, 0.5) is 5.69 Å². The number of hydrogen-bond acceptors (Lipinski definition) is 9. The van der Waals surface area contributed by atoms with E-state index in [2.05, 4.69) is 68.8 Å². The smallest absolute Gasteiger partial charge is 0.255 e. The van der Waals surface area contributed by atoms with Gasteiger partial charge in [-0.2, -0.15) is 0 Å². The van der Waals surface area contributed by atoms with E-state index in [0.29, 0.717) is 42.3 Å². The number of hydrogen-bond donors (Lipinski definition) is 3. The van der Waals surface area contributed by atoms with Gasteiger partial charge < -0.3 is 15.5 Å². The van der Waals surface area contributed by atoms with Gasteiger partial charge in [-0.15, -0.1) is 21.5 Å². The Kier molecular flexibility index (Phi) is 10.8. The molecule has 0 aliphatic carbocycles. The van der Waals surface area contributed by atoms with E-state index >= 15 is 0 Å². The molecule has 1 saturated heterocycles. The number of rotatable bonds is 12. The topological polar surface area (TPSA) is 151 Å². The number of aliphatic imine (C=N–C) groups is 1. The van der Waals surface area contributed by atoms with Crippen LogP contribution in [0.2, 0.25) is 5.02 Å². The number of amides is 4. The molecule has 2 aromatic heterocycles. The molecule has 12 nitrogen and oxygen atoms in total. The maximum atomic E-state index is 13.3. The predicted molar refractivity (Wildman–Crippen MR) is 220 cm³/mol. The van der Waals surface area contributed by atoms with Crippen molar-refractivity contribution in [2.45, 2.75) is 77.9 Å². The summed E-state index contributed by atoms with van der Waals surface area (Å²) in [6, 6.07) is 20.7. The zero-order valence-corrected chi connectivity index (χ0v) is 33.6. The van der Waals surface area contributed by atoms with E-state index in [1.165, 1.54) is 4.88 Å². The minimum atomic E-state index is -0.619. The Balaban J connectivity index is 0.819. The summed E-state index contributed by atoms with van der Waals surface area (Å²) < 4.78 is 2.05. The molecule has 0 radical (unpaired) electrons. The van der Waals surface area contributed by atoms with E-state index in [1.807, 2.05) is 49.4 Å². The van der Waals surface area contributed by atoms with Gasteiger partial charge in [0.1, 0.15) is 22.9 Å². The molecule has 3 aromatic carbocycles. The molecule has 3 aliphatic rings. The van der Waals surface area contributed by atoms with E-state index < -0.39 is 18.0 Å². The second-order valence-electron chi connectivity index (χ2n) is 14.9. The first-order valence-electron chi connectivity index (χ1n) is 19.3. The number of thiophene rings is 1. The fourth-order valence-corrected chi connectivity index (χ4v) is 9.14. The zero-order chi connectivity index (χ0) is 39.8. The van der Waals surface area contributed by atoms with Crippen molar-refractivity contribution in [1.29, 1.82) is 0 Å².